The lowest BCUT2D eigenvalue weighted by atomic mass is 10.3. The van der Waals surface area contributed by atoms with Crippen LogP contribution in [0.4, 0.5) is 5.69 Å². The van der Waals surface area contributed by atoms with Gasteiger partial charge in [-0.05, 0) is 13.8 Å². The molecule has 2 N–H and O–H groups in total. The maximum absolute atomic E-state index is 5.79. The van der Waals surface area contributed by atoms with Crippen LogP contribution in [-0.4, -0.2) is 19.7 Å². The molecule has 0 bridgehead atoms. The molecule has 17 heavy (non-hydrogen) atoms. The normalized spacial score (nSPS) is 10.6. The van der Waals surface area contributed by atoms with E-state index in [0.717, 1.165) is 11.4 Å². The Bertz CT molecular complexity index is 566. The van der Waals surface area contributed by atoms with Crippen molar-refractivity contribution in [2.24, 2.45) is 7.05 Å². The summed E-state index contributed by atoms with van der Waals surface area (Å²) in [6, 6.07) is 0. The first-order chi connectivity index (χ1) is 8.00. The van der Waals surface area contributed by atoms with Gasteiger partial charge in [0.05, 0.1) is 5.69 Å². The molecule has 0 atom stereocenters. The van der Waals surface area contributed by atoms with Gasteiger partial charge in [0.15, 0.2) is 10.9 Å². The van der Waals surface area contributed by atoms with Crippen LogP contribution in [0.25, 0.3) is 0 Å². The molecule has 0 unspecified atom stereocenters. The topological polar surface area (TPSA) is 78.8 Å². The number of aryl methyl sites for hydroxylation is 2. The van der Waals surface area contributed by atoms with Gasteiger partial charge in [-0.1, -0.05) is 11.6 Å². The molecule has 2 heterocycles. The quantitative estimate of drug-likeness (QED) is 0.827. The molecule has 0 saturated heterocycles. The van der Waals surface area contributed by atoms with Crippen molar-refractivity contribution in [1.29, 1.82) is 0 Å². The maximum atomic E-state index is 5.79. The van der Waals surface area contributed by atoms with Crippen molar-refractivity contribution < 1.29 is 4.74 Å². The maximum Gasteiger partial charge on any atom is 0.247 e. The summed E-state index contributed by atoms with van der Waals surface area (Å²) < 4.78 is 7.35. The molecule has 0 amide bonds. The lowest BCUT2D eigenvalue weighted by molar-refractivity contribution is 0.456. The Labute approximate surface area is 103 Å². The van der Waals surface area contributed by atoms with Gasteiger partial charge in [-0.3, -0.25) is 4.68 Å². The zero-order valence-electron chi connectivity index (χ0n) is 9.73. The van der Waals surface area contributed by atoms with E-state index in [9.17, 15) is 0 Å². The molecule has 0 fully saturated rings. The Morgan fingerprint density at radius 3 is 2.65 bits per heavy atom. The molecular formula is C10H12ClN5O. The number of halogens is 1. The molecule has 90 valence electrons. The third-order valence-electron chi connectivity index (χ3n) is 2.44. The minimum atomic E-state index is 0.175. The minimum Gasteiger partial charge on any atom is -0.433 e. The molecule has 6 nitrogen and oxygen atoms in total. The van der Waals surface area contributed by atoms with Crippen LogP contribution in [0.15, 0.2) is 6.33 Å². The zero-order valence-corrected chi connectivity index (χ0v) is 10.5. The van der Waals surface area contributed by atoms with Crippen LogP contribution in [0, 0.1) is 13.8 Å². The van der Waals surface area contributed by atoms with Gasteiger partial charge in [-0.25, -0.2) is 4.98 Å². The highest BCUT2D eigenvalue weighted by Crippen LogP contribution is 2.32. The van der Waals surface area contributed by atoms with Crippen molar-refractivity contribution in [2.45, 2.75) is 13.8 Å². The molecule has 0 spiro atoms. The number of ether oxygens (including phenoxy) is 1. The van der Waals surface area contributed by atoms with Gasteiger partial charge in [0.1, 0.15) is 17.7 Å². The van der Waals surface area contributed by atoms with Gasteiger partial charge >= 0.3 is 0 Å². The largest absolute Gasteiger partial charge is 0.433 e. The predicted molar refractivity (Wildman–Crippen MR) is 64.2 cm³/mol. The Hall–Kier alpha value is -1.82. The summed E-state index contributed by atoms with van der Waals surface area (Å²) in [5.41, 5.74) is 7.60. The molecule has 2 aromatic heterocycles. The van der Waals surface area contributed by atoms with Crippen LogP contribution < -0.4 is 10.5 Å². The molecule has 0 aliphatic carbocycles. The van der Waals surface area contributed by atoms with Gasteiger partial charge in [0, 0.05) is 7.05 Å². The lowest BCUT2D eigenvalue weighted by Crippen LogP contribution is -1.99. The van der Waals surface area contributed by atoms with Crippen LogP contribution in [0.2, 0.25) is 5.15 Å². The highest BCUT2D eigenvalue weighted by Gasteiger charge is 2.15. The molecule has 2 rings (SSSR count). The van der Waals surface area contributed by atoms with Crippen LogP contribution in [0.1, 0.15) is 11.4 Å². The van der Waals surface area contributed by atoms with E-state index in [1.807, 2.05) is 20.9 Å². The fourth-order valence-electron chi connectivity index (χ4n) is 1.44. The Morgan fingerprint density at radius 2 is 2.06 bits per heavy atom. The summed E-state index contributed by atoms with van der Waals surface area (Å²) in [6.07, 6.45) is 1.30. The van der Waals surface area contributed by atoms with E-state index in [1.165, 1.54) is 6.33 Å². The Balaban J connectivity index is 2.41. The smallest absolute Gasteiger partial charge is 0.247 e. The van der Waals surface area contributed by atoms with Crippen LogP contribution >= 0.6 is 11.6 Å². The number of hydrogen-bond acceptors (Lipinski definition) is 5. The fourth-order valence-corrected chi connectivity index (χ4v) is 1.56. The number of nitrogens with two attached hydrogens (primary N) is 1. The van der Waals surface area contributed by atoms with Crippen LogP contribution in [0.5, 0.6) is 11.6 Å². The monoisotopic (exact) mass is 253 g/mol. The van der Waals surface area contributed by atoms with Crippen molar-refractivity contribution >= 4 is 17.3 Å². The van der Waals surface area contributed by atoms with Crippen molar-refractivity contribution in [3.8, 4) is 11.6 Å². The molecule has 0 aliphatic heterocycles. The first-order valence-corrected chi connectivity index (χ1v) is 5.32. The molecule has 0 saturated carbocycles. The van der Waals surface area contributed by atoms with Crippen LogP contribution in [0.3, 0.4) is 0 Å². The average Bonchev–Trinajstić information content (AvgIpc) is 2.51. The van der Waals surface area contributed by atoms with Crippen molar-refractivity contribution in [1.82, 2.24) is 19.7 Å². The van der Waals surface area contributed by atoms with E-state index in [2.05, 4.69) is 15.1 Å². The SMILES string of the molecule is Cc1nn(C)c(C)c1Oc1ncnc(Cl)c1N. The second-order valence-corrected chi connectivity index (χ2v) is 3.97. The number of hydrogen-bond donors (Lipinski definition) is 1. The molecule has 0 radical (unpaired) electrons. The summed E-state index contributed by atoms with van der Waals surface area (Å²) in [4.78, 5) is 7.71. The number of rotatable bonds is 2. The van der Waals surface area contributed by atoms with E-state index in [1.54, 1.807) is 4.68 Å². The van der Waals surface area contributed by atoms with Gasteiger partial charge < -0.3 is 10.5 Å². The summed E-state index contributed by atoms with van der Waals surface area (Å²) in [5.74, 6) is 0.873. The van der Waals surface area contributed by atoms with Gasteiger partial charge in [-0.2, -0.15) is 10.1 Å². The highest BCUT2D eigenvalue weighted by atomic mass is 35.5. The molecule has 0 aromatic carbocycles. The fraction of sp³-hybridized carbons (Fsp3) is 0.300. The first kappa shape index (κ1) is 11.7. The van der Waals surface area contributed by atoms with E-state index >= 15 is 0 Å². The number of aromatic nitrogens is 4. The number of nitrogens with zero attached hydrogens (tertiary/aromatic N) is 4. The third-order valence-corrected chi connectivity index (χ3v) is 2.74. The predicted octanol–water partition coefficient (Wildman–Crippen LogP) is 1.85. The van der Waals surface area contributed by atoms with E-state index in [0.29, 0.717) is 5.75 Å². The number of nitrogen functional groups attached to an aromatic ring is 1. The van der Waals surface area contributed by atoms with E-state index < -0.39 is 0 Å². The van der Waals surface area contributed by atoms with Gasteiger partial charge in [-0.15, -0.1) is 0 Å². The number of anilines is 1. The van der Waals surface area contributed by atoms with Crippen molar-refractivity contribution in [2.75, 3.05) is 5.73 Å². The molecule has 2 aromatic rings. The Kier molecular flexibility index (Phi) is 2.89. The third kappa shape index (κ3) is 2.03. The minimum absolute atomic E-state index is 0.175. The lowest BCUT2D eigenvalue weighted by Gasteiger charge is -2.07. The van der Waals surface area contributed by atoms with E-state index in [4.69, 9.17) is 22.1 Å². The van der Waals surface area contributed by atoms with E-state index in [-0.39, 0.29) is 16.7 Å². The highest BCUT2D eigenvalue weighted by molar-refractivity contribution is 6.32. The Morgan fingerprint density at radius 1 is 1.35 bits per heavy atom. The molecule has 0 aliphatic rings. The first-order valence-electron chi connectivity index (χ1n) is 4.94. The molecular weight excluding hydrogens is 242 g/mol. The summed E-state index contributed by atoms with van der Waals surface area (Å²) in [5, 5.41) is 4.41. The second kappa shape index (κ2) is 4.21. The standard InChI is InChI=1S/C10H12ClN5O/c1-5-8(6(2)16(3)15-5)17-10-7(12)9(11)13-4-14-10/h4H,12H2,1-3H3. The van der Waals surface area contributed by atoms with Crippen molar-refractivity contribution in [3.63, 3.8) is 0 Å². The summed E-state index contributed by atoms with van der Waals surface area (Å²) in [7, 11) is 1.84. The average molecular weight is 254 g/mol. The van der Waals surface area contributed by atoms with Gasteiger partial charge in [0.25, 0.3) is 0 Å². The summed E-state index contributed by atoms with van der Waals surface area (Å²) >= 11 is 5.79. The van der Waals surface area contributed by atoms with Crippen LogP contribution in [-0.2, 0) is 7.05 Å². The molecule has 7 heteroatoms. The zero-order chi connectivity index (χ0) is 12.6. The van der Waals surface area contributed by atoms with Crippen molar-refractivity contribution in [3.05, 3.63) is 22.9 Å². The van der Waals surface area contributed by atoms with Gasteiger partial charge in [0.2, 0.25) is 5.88 Å². The summed E-state index contributed by atoms with van der Waals surface area (Å²) in [6.45, 7) is 3.75. The second-order valence-electron chi connectivity index (χ2n) is 3.61.